The molecule has 204 valence electrons. The number of benzene rings is 1. The fourth-order valence-corrected chi connectivity index (χ4v) is 4.62. The molecular formula is C35H48N2O. The Morgan fingerprint density at radius 3 is 2.61 bits per heavy atom. The van der Waals surface area contributed by atoms with Crippen LogP contribution in [0.4, 0.5) is 0 Å². The number of allylic oxidation sites excluding steroid dienone is 8. The van der Waals surface area contributed by atoms with Crippen molar-refractivity contribution in [1.82, 2.24) is 5.32 Å². The fourth-order valence-electron chi connectivity index (χ4n) is 4.62. The van der Waals surface area contributed by atoms with Gasteiger partial charge in [-0.3, -0.25) is 0 Å². The van der Waals surface area contributed by atoms with Crippen LogP contribution in [0.15, 0.2) is 95.9 Å². The highest BCUT2D eigenvalue weighted by Gasteiger charge is 2.30. The van der Waals surface area contributed by atoms with Crippen molar-refractivity contribution < 1.29 is 4.74 Å². The van der Waals surface area contributed by atoms with E-state index in [1.807, 2.05) is 12.3 Å². The van der Waals surface area contributed by atoms with Crippen molar-refractivity contribution in [2.45, 2.75) is 80.1 Å². The predicted octanol–water partition coefficient (Wildman–Crippen LogP) is 9.39. The molecule has 3 nitrogen and oxygen atoms in total. The number of ether oxygens (including phenoxy) is 1. The van der Waals surface area contributed by atoms with Gasteiger partial charge in [-0.25, -0.2) is 0 Å². The van der Waals surface area contributed by atoms with Crippen molar-refractivity contribution >= 4 is 0 Å². The molecule has 0 saturated carbocycles. The summed E-state index contributed by atoms with van der Waals surface area (Å²) < 4.78 is 5.98. The maximum absolute atomic E-state index is 10.1. The summed E-state index contributed by atoms with van der Waals surface area (Å²) in [5.74, 6) is 1.90. The predicted molar refractivity (Wildman–Crippen MR) is 163 cm³/mol. The minimum absolute atomic E-state index is 0.242. The number of hydrogen-bond acceptors (Lipinski definition) is 3. The van der Waals surface area contributed by atoms with Gasteiger partial charge in [0.25, 0.3) is 0 Å². The lowest BCUT2D eigenvalue weighted by Gasteiger charge is -2.33. The maximum atomic E-state index is 10.1. The van der Waals surface area contributed by atoms with Crippen LogP contribution in [0.25, 0.3) is 0 Å². The summed E-state index contributed by atoms with van der Waals surface area (Å²) in [6.45, 7) is 26.7. The molecule has 0 amide bonds. The van der Waals surface area contributed by atoms with Gasteiger partial charge in [0.15, 0.2) is 0 Å². The second-order valence-electron chi connectivity index (χ2n) is 11.6. The standard InChI is InChI=1S/C35H48N2O/c1-10-28(6)37-18-12-11-14-26(4)31-20-27(5)34(32(22-31)24-36)29(7)35(8,9)23-30-15-13-16-33(21-30)38-19-17-25(2)3/h12-13,15-16,18,21-22,25-26,37H,5-7,10-11,14,17,19-20,23H2,1-4,8-9H3/b18-12+. The average molecular weight is 513 g/mol. The molecule has 3 heteroatoms. The van der Waals surface area contributed by atoms with Gasteiger partial charge in [-0.15, -0.1) is 0 Å². The van der Waals surface area contributed by atoms with Crippen molar-refractivity contribution in [3.05, 3.63) is 101 Å². The van der Waals surface area contributed by atoms with Crippen LogP contribution in [0.1, 0.15) is 79.2 Å². The quantitative estimate of drug-likeness (QED) is 0.254. The van der Waals surface area contributed by atoms with Gasteiger partial charge in [-0.1, -0.05) is 85.1 Å². The molecule has 2 rings (SSSR count). The van der Waals surface area contributed by atoms with E-state index in [1.165, 1.54) is 11.1 Å². The third-order valence-electron chi connectivity index (χ3n) is 7.35. The molecule has 1 atom stereocenters. The Hall–Kier alpha value is -3.25. The van der Waals surface area contributed by atoms with Gasteiger partial charge < -0.3 is 10.1 Å². The van der Waals surface area contributed by atoms with Crippen LogP contribution < -0.4 is 10.1 Å². The topological polar surface area (TPSA) is 45.0 Å². The zero-order chi connectivity index (χ0) is 28.3. The summed E-state index contributed by atoms with van der Waals surface area (Å²) in [5.41, 5.74) is 6.82. The van der Waals surface area contributed by atoms with E-state index in [0.29, 0.717) is 17.4 Å². The molecule has 1 aliphatic rings. The molecule has 1 aliphatic carbocycles. The highest BCUT2D eigenvalue weighted by atomic mass is 16.5. The molecule has 0 heterocycles. The Balaban J connectivity index is 2.14. The lowest BCUT2D eigenvalue weighted by Crippen LogP contribution is -2.22. The van der Waals surface area contributed by atoms with E-state index < -0.39 is 0 Å². The molecule has 38 heavy (non-hydrogen) atoms. The van der Waals surface area contributed by atoms with Crippen molar-refractivity contribution in [3.8, 4) is 11.8 Å². The lowest BCUT2D eigenvalue weighted by atomic mass is 9.71. The van der Waals surface area contributed by atoms with E-state index in [0.717, 1.165) is 73.3 Å². The molecule has 1 N–H and O–H groups in total. The molecule has 0 spiro atoms. The molecule has 0 aliphatic heterocycles. The van der Waals surface area contributed by atoms with E-state index in [4.69, 9.17) is 4.74 Å². The number of nitrogens with zero attached hydrogens (tertiary/aromatic N) is 1. The second kappa shape index (κ2) is 14.6. The summed E-state index contributed by atoms with van der Waals surface area (Å²) in [6, 6.07) is 10.8. The Kier molecular flexibility index (Phi) is 11.9. The molecule has 0 aromatic heterocycles. The van der Waals surface area contributed by atoms with Crippen LogP contribution in [0.2, 0.25) is 0 Å². The monoisotopic (exact) mass is 512 g/mol. The molecule has 0 fully saturated rings. The highest BCUT2D eigenvalue weighted by molar-refractivity contribution is 5.62. The largest absolute Gasteiger partial charge is 0.494 e. The molecule has 0 saturated heterocycles. The van der Waals surface area contributed by atoms with Crippen LogP contribution in [-0.4, -0.2) is 6.61 Å². The van der Waals surface area contributed by atoms with E-state index >= 15 is 0 Å². The van der Waals surface area contributed by atoms with E-state index in [1.54, 1.807) is 0 Å². The highest BCUT2D eigenvalue weighted by Crippen LogP contribution is 2.43. The van der Waals surface area contributed by atoms with Gasteiger partial charge in [0.05, 0.1) is 18.2 Å². The molecular weight excluding hydrogens is 464 g/mol. The van der Waals surface area contributed by atoms with Crippen molar-refractivity contribution in [2.24, 2.45) is 17.3 Å². The zero-order valence-electron chi connectivity index (χ0n) is 24.6. The van der Waals surface area contributed by atoms with E-state index in [2.05, 4.69) is 103 Å². The van der Waals surface area contributed by atoms with Gasteiger partial charge in [-0.2, -0.15) is 5.26 Å². The number of rotatable bonds is 15. The maximum Gasteiger partial charge on any atom is 0.119 e. The van der Waals surface area contributed by atoms with Crippen molar-refractivity contribution in [3.63, 3.8) is 0 Å². The van der Waals surface area contributed by atoms with Gasteiger partial charge in [0.2, 0.25) is 0 Å². The molecule has 0 bridgehead atoms. The second-order valence-corrected chi connectivity index (χ2v) is 11.6. The summed E-state index contributed by atoms with van der Waals surface area (Å²) in [6.07, 6.45) is 11.7. The summed E-state index contributed by atoms with van der Waals surface area (Å²) in [7, 11) is 0. The first kappa shape index (κ1) is 31.0. The first-order valence-corrected chi connectivity index (χ1v) is 14.0. The SMILES string of the molecule is C=C(CC)N/C=C/CCC(C)C1=CC(C#N)=C(C(=C)C(C)(C)Cc2cccc(OCCC(C)C)c2)C(=C)C1. The zero-order valence-corrected chi connectivity index (χ0v) is 24.6. The number of nitriles is 1. The van der Waals surface area contributed by atoms with Crippen LogP contribution in [-0.2, 0) is 6.42 Å². The molecule has 1 unspecified atom stereocenters. The minimum Gasteiger partial charge on any atom is -0.494 e. The van der Waals surface area contributed by atoms with Gasteiger partial charge >= 0.3 is 0 Å². The first-order valence-electron chi connectivity index (χ1n) is 14.0. The Morgan fingerprint density at radius 2 is 1.95 bits per heavy atom. The van der Waals surface area contributed by atoms with Gasteiger partial charge in [0.1, 0.15) is 5.75 Å². The summed E-state index contributed by atoms with van der Waals surface area (Å²) in [4.78, 5) is 0. The molecule has 1 aromatic rings. The van der Waals surface area contributed by atoms with E-state index in [9.17, 15) is 5.26 Å². The van der Waals surface area contributed by atoms with Crippen LogP contribution in [0.3, 0.4) is 0 Å². The third-order valence-corrected chi connectivity index (χ3v) is 7.35. The van der Waals surface area contributed by atoms with Gasteiger partial charge in [-0.05, 0) is 102 Å². The normalized spacial score (nSPS) is 14.9. The number of nitrogens with one attached hydrogen (secondary N) is 1. The minimum atomic E-state index is -0.242. The summed E-state index contributed by atoms with van der Waals surface area (Å²) >= 11 is 0. The smallest absolute Gasteiger partial charge is 0.119 e. The van der Waals surface area contributed by atoms with E-state index in [-0.39, 0.29) is 5.41 Å². The van der Waals surface area contributed by atoms with Crippen molar-refractivity contribution in [1.29, 1.82) is 5.26 Å². The van der Waals surface area contributed by atoms with Gasteiger partial charge in [0, 0.05) is 5.70 Å². The Labute approximate surface area is 232 Å². The van der Waals surface area contributed by atoms with Crippen LogP contribution in [0.5, 0.6) is 5.75 Å². The van der Waals surface area contributed by atoms with Crippen LogP contribution in [0, 0.1) is 28.6 Å². The summed E-state index contributed by atoms with van der Waals surface area (Å²) in [5, 5.41) is 13.3. The molecule has 0 radical (unpaired) electrons. The number of hydrogen-bond donors (Lipinski definition) is 1. The lowest BCUT2D eigenvalue weighted by molar-refractivity contribution is 0.289. The Bertz CT molecular complexity index is 1140. The Morgan fingerprint density at radius 1 is 1.21 bits per heavy atom. The van der Waals surface area contributed by atoms with Crippen molar-refractivity contribution in [2.75, 3.05) is 6.61 Å². The first-order chi connectivity index (χ1) is 18.0. The molecule has 1 aromatic carbocycles. The van der Waals surface area contributed by atoms with Crippen LogP contribution >= 0.6 is 0 Å². The fraction of sp³-hybridized carbons (Fsp3) is 0.457. The third kappa shape index (κ3) is 9.25. The average Bonchev–Trinajstić information content (AvgIpc) is 2.87.